The monoisotopic (exact) mass is 250 g/mol. The summed E-state index contributed by atoms with van der Waals surface area (Å²) in [4.78, 5) is 4.15. The fraction of sp³-hybridized carbons (Fsp3) is 0.417. The van der Waals surface area contributed by atoms with Crippen LogP contribution in [-0.4, -0.2) is 49.6 Å². The molecule has 0 saturated carbocycles. The van der Waals surface area contributed by atoms with E-state index in [2.05, 4.69) is 4.98 Å². The Hall–Kier alpha value is -1.47. The van der Waals surface area contributed by atoms with Crippen molar-refractivity contribution in [3.05, 3.63) is 36.3 Å². The largest absolute Gasteiger partial charge is 0.394 e. The van der Waals surface area contributed by atoms with Crippen LogP contribution in [0, 0.1) is 0 Å². The van der Waals surface area contributed by atoms with Gasteiger partial charge in [0.1, 0.15) is 30.1 Å². The first kappa shape index (κ1) is 11.6. The lowest BCUT2D eigenvalue weighted by Crippen LogP contribution is -2.32. The van der Waals surface area contributed by atoms with Gasteiger partial charge in [-0.1, -0.05) is 6.07 Å². The van der Waals surface area contributed by atoms with Gasteiger partial charge in [0, 0.05) is 12.4 Å². The molecule has 18 heavy (non-hydrogen) atoms. The SMILES string of the molecule is OC[C@H]1OC(c2cccc3nccn23)[C@H](O)[C@@H]1O. The maximum Gasteiger partial charge on any atom is 0.136 e. The molecule has 1 aliphatic rings. The van der Waals surface area contributed by atoms with Crippen LogP contribution in [0.15, 0.2) is 30.6 Å². The molecule has 4 atom stereocenters. The first-order chi connectivity index (χ1) is 8.72. The smallest absolute Gasteiger partial charge is 0.136 e. The highest BCUT2D eigenvalue weighted by atomic mass is 16.6. The number of aromatic nitrogens is 2. The average molecular weight is 250 g/mol. The van der Waals surface area contributed by atoms with Crippen molar-refractivity contribution in [2.75, 3.05) is 6.61 Å². The van der Waals surface area contributed by atoms with Gasteiger partial charge < -0.3 is 24.5 Å². The second-order valence-electron chi connectivity index (χ2n) is 4.36. The third-order valence-corrected chi connectivity index (χ3v) is 3.29. The first-order valence-corrected chi connectivity index (χ1v) is 5.77. The van der Waals surface area contributed by atoms with Gasteiger partial charge in [-0.15, -0.1) is 0 Å². The minimum Gasteiger partial charge on any atom is -0.394 e. The maximum absolute atomic E-state index is 9.99. The molecule has 1 saturated heterocycles. The van der Waals surface area contributed by atoms with Gasteiger partial charge in [0.15, 0.2) is 0 Å². The zero-order valence-electron chi connectivity index (χ0n) is 9.55. The fourth-order valence-electron chi connectivity index (χ4n) is 2.35. The molecule has 6 heteroatoms. The van der Waals surface area contributed by atoms with Crippen LogP contribution in [0.3, 0.4) is 0 Å². The molecule has 96 valence electrons. The number of hydrogen-bond acceptors (Lipinski definition) is 5. The Kier molecular flexibility index (Phi) is 2.79. The van der Waals surface area contributed by atoms with Crippen LogP contribution in [-0.2, 0) is 4.74 Å². The lowest BCUT2D eigenvalue weighted by Gasteiger charge is -2.16. The van der Waals surface area contributed by atoms with Crippen LogP contribution >= 0.6 is 0 Å². The highest BCUT2D eigenvalue weighted by Gasteiger charge is 2.43. The lowest BCUT2D eigenvalue weighted by molar-refractivity contribution is -0.0242. The molecule has 1 aliphatic heterocycles. The summed E-state index contributed by atoms with van der Waals surface area (Å²) >= 11 is 0. The molecular formula is C12H14N2O4. The van der Waals surface area contributed by atoms with Crippen molar-refractivity contribution < 1.29 is 20.1 Å². The standard InChI is InChI=1S/C12H14N2O4/c15-6-8-10(16)11(17)12(18-8)7-2-1-3-9-13-4-5-14(7)9/h1-5,8,10-12,15-17H,6H2/t8-,10-,11-,12?/m1/s1. The van der Waals surface area contributed by atoms with Crippen molar-refractivity contribution in [3.63, 3.8) is 0 Å². The Morgan fingerprint density at radius 2 is 2.11 bits per heavy atom. The summed E-state index contributed by atoms with van der Waals surface area (Å²) in [6.45, 7) is -0.325. The molecule has 3 N–H and O–H groups in total. The van der Waals surface area contributed by atoms with Gasteiger partial charge in [0.2, 0.25) is 0 Å². The number of aliphatic hydroxyl groups excluding tert-OH is 3. The predicted octanol–water partition coefficient (Wildman–Crippen LogP) is -0.512. The topological polar surface area (TPSA) is 87.2 Å². The van der Waals surface area contributed by atoms with Crippen molar-refractivity contribution >= 4 is 5.65 Å². The Morgan fingerprint density at radius 3 is 2.83 bits per heavy atom. The number of imidazole rings is 1. The van der Waals surface area contributed by atoms with E-state index in [0.29, 0.717) is 5.69 Å². The van der Waals surface area contributed by atoms with Crippen LogP contribution in [0.2, 0.25) is 0 Å². The second kappa shape index (κ2) is 4.33. The Bertz CT molecular complexity index is 556. The molecule has 0 spiro atoms. The summed E-state index contributed by atoms with van der Waals surface area (Å²) in [5.41, 5.74) is 1.44. The summed E-state index contributed by atoms with van der Waals surface area (Å²) in [6.07, 6.45) is -0.160. The molecule has 3 rings (SSSR count). The maximum atomic E-state index is 9.99. The van der Waals surface area contributed by atoms with Gasteiger partial charge in [-0.2, -0.15) is 0 Å². The van der Waals surface area contributed by atoms with Crippen molar-refractivity contribution in [3.8, 4) is 0 Å². The third-order valence-electron chi connectivity index (χ3n) is 3.29. The zero-order chi connectivity index (χ0) is 12.7. The Labute approximate surface area is 103 Å². The van der Waals surface area contributed by atoms with Gasteiger partial charge in [-0.25, -0.2) is 4.98 Å². The number of aliphatic hydroxyl groups is 3. The zero-order valence-corrected chi connectivity index (χ0v) is 9.55. The second-order valence-corrected chi connectivity index (χ2v) is 4.36. The highest BCUT2D eigenvalue weighted by Crippen LogP contribution is 2.33. The Balaban J connectivity index is 2.02. The quantitative estimate of drug-likeness (QED) is 0.668. The van der Waals surface area contributed by atoms with Gasteiger partial charge >= 0.3 is 0 Å². The van der Waals surface area contributed by atoms with Gasteiger partial charge in [-0.05, 0) is 12.1 Å². The Morgan fingerprint density at radius 1 is 1.28 bits per heavy atom. The summed E-state index contributed by atoms with van der Waals surface area (Å²) < 4.78 is 7.29. The predicted molar refractivity (Wildman–Crippen MR) is 61.9 cm³/mol. The summed E-state index contributed by atoms with van der Waals surface area (Å²) in [7, 11) is 0. The first-order valence-electron chi connectivity index (χ1n) is 5.77. The average Bonchev–Trinajstić information content (AvgIpc) is 2.96. The van der Waals surface area contributed by atoms with Crippen LogP contribution in [0.5, 0.6) is 0 Å². The van der Waals surface area contributed by atoms with E-state index in [-0.39, 0.29) is 6.61 Å². The molecular weight excluding hydrogens is 236 g/mol. The summed E-state index contributed by atoms with van der Waals surface area (Å²) in [5, 5.41) is 28.8. The molecule has 2 aromatic heterocycles. The van der Waals surface area contributed by atoms with Crippen LogP contribution < -0.4 is 0 Å². The fourth-order valence-corrected chi connectivity index (χ4v) is 2.35. The molecule has 0 aromatic carbocycles. The van der Waals surface area contributed by atoms with E-state index in [9.17, 15) is 10.2 Å². The molecule has 2 aromatic rings. The number of ether oxygens (including phenoxy) is 1. The minimum absolute atomic E-state index is 0.325. The molecule has 0 bridgehead atoms. The van der Waals surface area contributed by atoms with E-state index in [1.54, 1.807) is 22.9 Å². The van der Waals surface area contributed by atoms with E-state index in [4.69, 9.17) is 9.84 Å². The van der Waals surface area contributed by atoms with Crippen LogP contribution in [0.4, 0.5) is 0 Å². The number of hydrogen-bond donors (Lipinski definition) is 3. The van der Waals surface area contributed by atoms with Gasteiger partial charge in [-0.3, -0.25) is 0 Å². The highest BCUT2D eigenvalue weighted by molar-refractivity contribution is 5.40. The molecule has 1 unspecified atom stereocenters. The van der Waals surface area contributed by atoms with Gasteiger partial charge in [0.05, 0.1) is 12.3 Å². The van der Waals surface area contributed by atoms with E-state index in [1.807, 2.05) is 12.1 Å². The third kappa shape index (κ3) is 1.62. The lowest BCUT2D eigenvalue weighted by atomic mass is 10.1. The molecule has 0 amide bonds. The van der Waals surface area contributed by atoms with E-state index in [1.165, 1.54) is 0 Å². The van der Waals surface area contributed by atoms with E-state index < -0.39 is 24.4 Å². The van der Waals surface area contributed by atoms with Crippen molar-refractivity contribution in [2.45, 2.75) is 24.4 Å². The number of nitrogens with zero attached hydrogens (tertiary/aromatic N) is 2. The van der Waals surface area contributed by atoms with Crippen LogP contribution in [0.1, 0.15) is 11.8 Å². The van der Waals surface area contributed by atoms with Crippen molar-refractivity contribution in [2.24, 2.45) is 0 Å². The van der Waals surface area contributed by atoms with Gasteiger partial charge in [0.25, 0.3) is 0 Å². The van der Waals surface area contributed by atoms with E-state index in [0.717, 1.165) is 5.65 Å². The molecule has 0 aliphatic carbocycles. The molecule has 0 radical (unpaired) electrons. The summed E-state index contributed by atoms with van der Waals surface area (Å²) in [6, 6.07) is 5.45. The van der Waals surface area contributed by atoms with Crippen molar-refractivity contribution in [1.29, 1.82) is 0 Å². The normalized spacial score (nSPS) is 32.2. The number of fused-ring (bicyclic) bond motifs is 1. The molecule has 3 heterocycles. The molecule has 6 nitrogen and oxygen atoms in total. The molecule has 1 fully saturated rings. The summed E-state index contributed by atoms with van der Waals surface area (Å²) in [5.74, 6) is 0. The minimum atomic E-state index is -1.08. The number of pyridine rings is 1. The van der Waals surface area contributed by atoms with Crippen molar-refractivity contribution in [1.82, 2.24) is 9.38 Å². The number of rotatable bonds is 2. The van der Waals surface area contributed by atoms with Crippen LogP contribution in [0.25, 0.3) is 5.65 Å². The van der Waals surface area contributed by atoms with E-state index >= 15 is 0 Å².